The standard InChI is InChI=1S/C16H22BrNO2S/c1-3-18-10-12-4-5-13(17)8-14(12)21-11-16(6-7-16)9-15(19)20-2/h4-5,8,18H,3,6-7,9-11H2,1-2H3. The van der Waals surface area contributed by atoms with Gasteiger partial charge in [-0.05, 0) is 42.5 Å². The lowest BCUT2D eigenvalue weighted by Gasteiger charge is -2.15. The maximum absolute atomic E-state index is 11.5. The highest BCUT2D eigenvalue weighted by molar-refractivity contribution is 9.10. The largest absolute Gasteiger partial charge is 0.469 e. The Bertz CT molecular complexity index is 503. The van der Waals surface area contributed by atoms with Crippen LogP contribution in [-0.4, -0.2) is 25.4 Å². The third kappa shape index (κ3) is 5.01. The number of benzene rings is 1. The average molecular weight is 372 g/mol. The van der Waals surface area contributed by atoms with E-state index in [9.17, 15) is 4.79 Å². The SMILES string of the molecule is CCNCc1ccc(Br)cc1SCC1(CC(=O)OC)CC1. The highest BCUT2D eigenvalue weighted by atomic mass is 79.9. The maximum Gasteiger partial charge on any atom is 0.306 e. The van der Waals surface area contributed by atoms with E-state index < -0.39 is 0 Å². The summed E-state index contributed by atoms with van der Waals surface area (Å²) in [6, 6.07) is 6.42. The molecule has 1 aliphatic rings. The third-order valence-corrected chi connectivity index (χ3v) is 5.77. The average Bonchev–Trinajstić information content (AvgIpc) is 3.24. The van der Waals surface area contributed by atoms with Crippen LogP contribution in [0.3, 0.4) is 0 Å². The van der Waals surface area contributed by atoms with Crippen LogP contribution < -0.4 is 5.32 Å². The Morgan fingerprint density at radius 2 is 2.24 bits per heavy atom. The number of halogens is 1. The first-order chi connectivity index (χ1) is 10.1. The molecule has 0 aliphatic heterocycles. The van der Waals surface area contributed by atoms with E-state index in [1.54, 1.807) is 0 Å². The summed E-state index contributed by atoms with van der Waals surface area (Å²) in [5.74, 6) is 0.896. The van der Waals surface area contributed by atoms with Gasteiger partial charge in [-0.15, -0.1) is 11.8 Å². The summed E-state index contributed by atoms with van der Waals surface area (Å²) < 4.78 is 5.91. The van der Waals surface area contributed by atoms with Crippen molar-refractivity contribution in [2.75, 3.05) is 19.4 Å². The van der Waals surface area contributed by atoms with Gasteiger partial charge in [0.05, 0.1) is 13.5 Å². The summed E-state index contributed by atoms with van der Waals surface area (Å²) >= 11 is 5.40. The maximum atomic E-state index is 11.5. The molecule has 0 bridgehead atoms. The summed E-state index contributed by atoms with van der Waals surface area (Å²) in [5.41, 5.74) is 1.48. The fraction of sp³-hybridized carbons (Fsp3) is 0.562. The minimum atomic E-state index is -0.0878. The number of carbonyl (C=O) groups excluding carboxylic acids is 1. The van der Waals surface area contributed by atoms with Crippen molar-refractivity contribution in [3.8, 4) is 0 Å². The van der Waals surface area contributed by atoms with Crippen LogP contribution in [0.5, 0.6) is 0 Å². The van der Waals surface area contributed by atoms with Gasteiger partial charge in [-0.2, -0.15) is 0 Å². The Morgan fingerprint density at radius 1 is 1.48 bits per heavy atom. The molecule has 1 saturated carbocycles. The summed E-state index contributed by atoms with van der Waals surface area (Å²) in [7, 11) is 1.47. The first-order valence-corrected chi connectivity index (χ1v) is 9.05. The van der Waals surface area contributed by atoms with Gasteiger partial charge in [0.15, 0.2) is 0 Å². The number of carbonyl (C=O) groups is 1. The monoisotopic (exact) mass is 371 g/mol. The highest BCUT2D eigenvalue weighted by Crippen LogP contribution is 2.52. The predicted octanol–water partition coefficient (Wildman–Crippen LogP) is 3.99. The minimum absolute atomic E-state index is 0.0878. The molecular weight excluding hydrogens is 350 g/mol. The van der Waals surface area contributed by atoms with Crippen LogP contribution in [0.15, 0.2) is 27.6 Å². The summed E-state index contributed by atoms with van der Waals surface area (Å²) in [5, 5.41) is 3.38. The van der Waals surface area contributed by atoms with E-state index in [0.29, 0.717) is 6.42 Å². The van der Waals surface area contributed by atoms with Crippen LogP contribution in [0.2, 0.25) is 0 Å². The van der Waals surface area contributed by atoms with Gasteiger partial charge in [0.1, 0.15) is 0 Å². The molecule has 0 saturated heterocycles. The first kappa shape index (κ1) is 16.8. The molecule has 0 spiro atoms. The van der Waals surface area contributed by atoms with Crippen LogP contribution in [0, 0.1) is 5.41 Å². The molecule has 0 heterocycles. The lowest BCUT2D eigenvalue weighted by atomic mass is 10.1. The van der Waals surface area contributed by atoms with Crippen molar-refractivity contribution >= 4 is 33.7 Å². The fourth-order valence-electron chi connectivity index (χ4n) is 2.23. The zero-order chi connectivity index (χ0) is 15.3. The second kappa shape index (κ2) is 7.65. The van der Waals surface area contributed by atoms with Crippen molar-refractivity contribution < 1.29 is 9.53 Å². The van der Waals surface area contributed by atoms with Gasteiger partial charge in [-0.25, -0.2) is 0 Å². The van der Waals surface area contributed by atoms with Gasteiger partial charge >= 0.3 is 5.97 Å². The Balaban J connectivity index is 1.99. The van der Waals surface area contributed by atoms with E-state index in [4.69, 9.17) is 4.74 Å². The molecule has 3 nitrogen and oxygen atoms in total. The topological polar surface area (TPSA) is 38.3 Å². The molecule has 0 amide bonds. The smallest absolute Gasteiger partial charge is 0.306 e. The molecule has 1 aliphatic carbocycles. The van der Waals surface area contributed by atoms with Crippen molar-refractivity contribution in [3.63, 3.8) is 0 Å². The summed E-state index contributed by atoms with van der Waals surface area (Å²) in [6.07, 6.45) is 2.81. The van der Waals surface area contributed by atoms with Crippen molar-refractivity contribution in [1.29, 1.82) is 0 Å². The molecule has 0 unspecified atom stereocenters. The van der Waals surface area contributed by atoms with E-state index in [1.807, 2.05) is 11.8 Å². The van der Waals surface area contributed by atoms with Crippen LogP contribution in [0.25, 0.3) is 0 Å². The van der Waals surface area contributed by atoms with Crippen LogP contribution in [-0.2, 0) is 16.1 Å². The lowest BCUT2D eigenvalue weighted by molar-refractivity contribution is -0.141. The number of nitrogens with one attached hydrogen (secondary N) is 1. The third-order valence-electron chi connectivity index (χ3n) is 3.83. The molecular formula is C16H22BrNO2S. The van der Waals surface area contributed by atoms with E-state index in [2.05, 4.69) is 46.4 Å². The molecule has 0 atom stereocenters. The van der Waals surface area contributed by atoms with Gasteiger partial charge in [0.2, 0.25) is 0 Å². The van der Waals surface area contributed by atoms with Crippen molar-refractivity contribution in [1.82, 2.24) is 5.32 Å². The Kier molecular flexibility index (Phi) is 6.14. The molecule has 1 aromatic rings. The normalized spacial score (nSPS) is 15.8. The summed E-state index contributed by atoms with van der Waals surface area (Å²) in [4.78, 5) is 12.8. The van der Waals surface area contributed by atoms with Crippen molar-refractivity contribution in [2.45, 2.75) is 37.6 Å². The van der Waals surface area contributed by atoms with Crippen LogP contribution in [0.1, 0.15) is 31.7 Å². The lowest BCUT2D eigenvalue weighted by Crippen LogP contribution is -2.14. The zero-order valence-electron chi connectivity index (χ0n) is 12.6. The van der Waals surface area contributed by atoms with E-state index in [0.717, 1.165) is 36.2 Å². The highest BCUT2D eigenvalue weighted by Gasteiger charge is 2.44. The van der Waals surface area contributed by atoms with E-state index in [1.165, 1.54) is 17.6 Å². The number of hydrogen-bond donors (Lipinski definition) is 1. The number of ether oxygens (including phenoxy) is 1. The zero-order valence-corrected chi connectivity index (χ0v) is 15.0. The van der Waals surface area contributed by atoms with Gasteiger partial charge < -0.3 is 10.1 Å². The quantitative estimate of drug-likeness (QED) is 0.553. The van der Waals surface area contributed by atoms with Gasteiger partial charge in [0, 0.05) is 21.7 Å². The molecule has 0 aromatic heterocycles. The molecule has 2 rings (SSSR count). The number of rotatable bonds is 8. The molecule has 1 N–H and O–H groups in total. The molecule has 116 valence electrons. The second-order valence-corrected chi connectivity index (χ2v) is 7.51. The molecule has 5 heteroatoms. The molecule has 21 heavy (non-hydrogen) atoms. The Morgan fingerprint density at radius 3 is 2.86 bits per heavy atom. The van der Waals surface area contributed by atoms with Gasteiger partial charge in [-0.3, -0.25) is 4.79 Å². The van der Waals surface area contributed by atoms with Crippen LogP contribution in [0.4, 0.5) is 0 Å². The fourth-order valence-corrected chi connectivity index (χ4v) is 4.13. The first-order valence-electron chi connectivity index (χ1n) is 7.27. The second-order valence-electron chi connectivity index (χ2n) is 5.57. The van der Waals surface area contributed by atoms with Gasteiger partial charge in [0.25, 0.3) is 0 Å². The summed E-state index contributed by atoms with van der Waals surface area (Å²) in [6.45, 7) is 3.96. The van der Waals surface area contributed by atoms with Crippen LogP contribution >= 0.6 is 27.7 Å². The number of methoxy groups -OCH3 is 1. The number of esters is 1. The van der Waals surface area contributed by atoms with Crippen molar-refractivity contribution in [3.05, 3.63) is 28.2 Å². The Labute approximate surface area is 139 Å². The predicted molar refractivity (Wildman–Crippen MR) is 90.5 cm³/mol. The number of thioether (sulfide) groups is 1. The number of hydrogen-bond acceptors (Lipinski definition) is 4. The van der Waals surface area contributed by atoms with E-state index in [-0.39, 0.29) is 11.4 Å². The Hall–Kier alpha value is -0.520. The van der Waals surface area contributed by atoms with Crippen molar-refractivity contribution in [2.24, 2.45) is 5.41 Å². The molecule has 0 radical (unpaired) electrons. The molecule has 1 fully saturated rings. The van der Waals surface area contributed by atoms with E-state index >= 15 is 0 Å². The van der Waals surface area contributed by atoms with Gasteiger partial charge in [-0.1, -0.05) is 28.9 Å². The minimum Gasteiger partial charge on any atom is -0.469 e. The molecule has 1 aromatic carbocycles.